The van der Waals surface area contributed by atoms with Gasteiger partial charge in [0.1, 0.15) is 29.3 Å². The molecule has 178 valence electrons. The molecule has 0 saturated carbocycles. The van der Waals surface area contributed by atoms with E-state index in [0.29, 0.717) is 37.4 Å². The van der Waals surface area contributed by atoms with Gasteiger partial charge in [0.2, 0.25) is 0 Å². The molecule has 33 heavy (non-hydrogen) atoms. The fraction of sp³-hybridized carbons (Fsp3) is 0.417. The lowest BCUT2D eigenvalue weighted by Gasteiger charge is -2.24. The van der Waals surface area contributed by atoms with Crippen LogP contribution in [0.5, 0.6) is 5.75 Å². The molecule has 1 heterocycles. The Morgan fingerprint density at radius 3 is 2.39 bits per heavy atom. The zero-order valence-electron chi connectivity index (χ0n) is 18.6. The van der Waals surface area contributed by atoms with Crippen molar-refractivity contribution in [3.05, 3.63) is 63.4 Å². The van der Waals surface area contributed by atoms with Gasteiger partial charge in [-0.2, -0.15) is 0 Å². The molecule has 1 N–H and O–H groups in total. The van der Waals surface area contributed by atoms with Gasteiger partial charge in [-0.3, -0.25) is 4.79 Å². The molecular weight excluding hydrogens is 472 g/mol. The molecule has 0 aromatic heterocycles. The fourth-order valence-corrected chi connectivity index (χ4v) is 3.63. The second-order valence-electron chi connectivity index (χ2n) is 8.69. The summed E-state index contributed by atoms with van der Waals surface area (Å²) in [4.78, 5) is 25.7. The second-order valence-corrected chi connectivity index (χ2v) is 9.50. The van der Waals surface area contributed by atoms with Crippen LogP contribution in [0.3, 0.4) is 0 Å². The van der Waals surface area contributed by atoms with Crippen LogP contribution >= 0.6 is 23.2 Å². The summed E-state index contributed by atoms with van der Waals surface area (Å²) in [7, 11) is 0. The van der Waals surface area contributed by atoms with E-state index in [2.05, 4.69) is 5.32 Å². The van der Waals surface area contributed by atoms with Crippen LogP contribution in [0.15, 0.2) is 36.4 Å². The smallest absolute Gasteiger partial charge is 0.408 e. The van der Waals surface area contributed by atoms with Crippen LogP contribution in [0.4, 0.5) is 9.18 Å². The maximum absolute atomic E-state index is 15.0. The maximum Gasteiger partial charge on any atom is 0.408 e. The van der Waals surface area contributed by atoms with Crippen molar-refractivity contribution in [3.8, 4) is 5.75 Å². The van der Waals surface area contributed by atoms with Crippen LogP contribution in [0, 0.1) is 5.82 Å². The van der Waals surface area contributed by atoms with E-state index in [4.69, 9.17) is 37.4 Å². The fourth-order valence-electron chi connectivity index (χ4n) is 3.33. The standard InChI is InChI=1S/C24H26Cl2FNO5/c1-24(2,3)33-23(30)28-21(14-4-7-18(25)19(26)12-14)22(29)17-6-5-16(13-20(17)27)32-15-8-10-31-11-9-15/h4-7,12-13,15,21H,8-11H2,1-3H3,(H,28,30). The first kappa shape index (κ1) is 25.3. The number of rotatable bonds is 6. The molecule has 1 fully saturated rings. The van der Waals surface area contributed by atoms with Crippen LogP contribution in [-0.2, 0) is 9.47 Å². The molecule has 6 nitrogen and oxygen atoms in total. The molecule has 1 amide bonds. The highest BCUT2D eigenvalue weighted by Gasteiger charge is 2.29. The summed E-state index contributed by atoms with van der Waals surface area (Å²) in [6, 6.07) is 7.28. The number of amides is 1. The number of hydrogen-bond acceptors (Lipinski definition) is 5. The summed E-state index contributed by atoms with van der Waals surface area (Å²) in [5, 5.41) is 2.99. The number of carbonyl (C=O) groups is 2. The van der Waals surface area contributed by atoms with Gasteiger partial charge in [0.05, 0.1) is 28.8 Å². The zero-order chi connectivity index (χ0) is 24.2. The number of benzene rings is 2. The van der Waals surface area contributed by atoms with Crippen molar-refractivity contribution in [2.45, 2.75) is 51.4 Å². The normalized spacial score (nSPS) is 15.6. The average molecular weight is 498 g/mol. The Bertz CT molecular complexity index is 1020. The zero-order valence-corrected chi connectivity index (χ0v) is 20.1. The van der Waals surface area contributed by atoms with E-state index in [1.54, 1.807) is 20.8 Å². The van der Waals surface area contributed by atoms with Crippen molar-refractivity contribution < 1.29 is 28.2 Å². The largest absolute Gasteiger partial charge is 0.490 e. The van der Waals surface area contributed by atoms with Crippen molar-refractivity contribution >= 4 is 35.1 Å². The molecule has 1 aliphatic heterocycles. The van der Waals surface area contributed by atoms with Crippen molar-refractivity contribution in [2.24, 2.45) is 0 Å². The number of hydrogen-bond donors (Lipinski definition) is 1. The van der Waals surface area contributed by atoms with Gasteiger partial charge in [-0.1, -0.05) is 29.3 Å². The van der Waals surface area contributed by atoms with Gasteiger partial charge in [0.25, 0.3) is 0 Å². The third-order valence-electron chi connectivity index (χ3n) is 4.88. The van der Waals surface area contributed by atoms with E-state index in [0.717, 1.165) is 0 Å². The summed E-state index contributed by atoms with van der Waals surface area (Å²) in [5.74, 6) is -1.11. The molecule has 0 aliphatic carbocycles. The molecule has 9 heteroatoms. The van der Waals surface area contributed by atoms with Gasteiger partial charge in [-0.15, -0.1) is 0 Å². The SMILES string of the molecule is CC(C)(C)OC(=O)NC(C(=O)c1ccc(OC2CCOCC2)cc1F)c1ccc(Cl)c(Cl)c1. The van der Waals surface area contributed by atoms with E-state index >= 15 is 0 Å². The first-order valence-electron chi connectivity index (χ1n) is 10.6. The van der Waals surface area contributed by atoms with E-state index < -0.39 is 29.3 Å². The molecule has 0 spiro atoms. The van der Waals surface area contributed by atoms with Gasteiger partial charge in [0.15, 0.2) is 5.78 Å². The van der Waals surface area contributed by atoms with Crippen LogP contribution in [0.25, 0.3) is 0 Å². The first-order chi connectivity index (χ1) is 15.5. The molecule has 1 unspecified atom stereocenters. The van der Waals surface area contributed by atoms with Gasteiger partial charge in [-0.05, 0) is 50.6 Å². The van der Waals surface area contributed by atoms with E-state index in [9.17, 15) is 14.0 Å². The summed E-state index contributed by atoms with van der Waals surface area (Å²) < 4.78 is 31.4. The van der Waals surface area contributed by atoms with Gasteiger partial charge < -0.3 is 19.5 Å². The minimum Gasteiger partial charge on any atom is -0.490 e. The third kappa shape index (κ3) is 7.06. The number of Topliss-reactive ketones (excluding diaryl/α,β-unsaturated/α-hetero) is 1. The summed E-state index contributed by atoms with van der Waals surface area (Å²) in [6.07, 6.45) is 0.521. The van der Waals surface area contributed by atoms with Crippen molar-refractivity contribution in [1.29, 1.82) is 0 Å². The minimum atomic E-state index is -1.24. The Labute approximate surface area is 202 Å². The van der Waals surface area contributed by atoms with Crippen LogP contribution in [0.1, 0.15) is 55.6 Å². The van der Waals surface area contributed by atoms with Crippen molar-refractivity contribution in [1.82, 2.24) is 5.32 Å². The predicted molar refractivity (Wildman–Crippen MR) is 124 cm³/mol. The summed E-state index contributed by atoms with van der Waals surface area (Å²) in [6.45, 7) is 6.26. The molecule has 1 aliphatic rings. The number of nitrogens with one attached hydrogen (secondary N) is 1. The van der Waals surface area contributed by atoms with Gasteiger partial charge >= 0.3 is 6.09 Å². The molecule has 2 aromatic rings. The predicted octanol–water partition coefficient (Wildman–Crippen LogP) is 6.14. The Hall–Kier alpha value is -2.35. The maximum atomic E-state index is 15.0. The monoisotopic (exact) mass is 497 g/mol. The molecular formula is C24H26Cl2FNO5. The molecule has 1 atom stereocenters. The van der Waals surface area contributed by atoms with Crippen LogP contribution in [-0.4, -0.2) is 36.8 Å². The number of ether oxygens (including phenoxy) is 3. The van der Waals surface area contributed by atoms with Gasteiger partial charge in [-0.25, -0.2) is 9.18 Å². The molecule has 1 saturated heterocycles. The van der Waals surface area contributed by atoms with Crippen molar-refractivity contribution in [3.63, 3.8) is 0 Å². The molecule has 2 aromatic carbocycles. The van der Waals surface area contributed by atoms with E-state index in [1.807, 2.05) is 0 Å². The lowest BCUT2D eigenvalue weighted by Crippen LogP contribution is -2.38. The second kappa shape index (κ2) is 10.7. The number of alkyl carbamates (subject to hydrolysis) is 1. The lowest BCUT2D eigenvalue weighted by atomic mass is 9.97. The number of carbonyl (C=O) groups excluding carboxylic acids is 2. The highest BCUT2D eigenvalue weighted by Crippen LogP contribution is 2.29. The Morgan fingerprint density at radius 2 is 1.79 bits per heavy atom. The Kier molecular flexibility index (Phi) is 8.21. The minimum absolute atomic E-state index is 0.0718. The summed E-state index contributed by atoms with van der Waals surface area (Å²) in [5.41, 5.74) is -0.660. The third-order valence-corrected chi connectivity index (χ3v) is 5.62. The van der Waals surface area contributed by atoms with E-state index in [-0.39, 0.29) is 21.7 Å². The van der Waals surface area contributed by atoms with E-state index in [1.165, 1.54) is 36.4 Å². The van der Waals surface area contributed by atoms with Crippen molar-refractivity contribution in [2.75, 3.05) is 13.2 Å². The molecule has 0 radical (unpaired) electrons. The average Bonchev–Trinajstić information content (AvgIpc) is 2.73. The van der Waals surface area contributed by atoms with Crippen LogP contribution < -0.4 is 10.1 Å². The highest BCUT2D eigenvalue weighted by atomic mass is 35.5. The number of ketones is 1. The van der Waals surface area contributed by atoms with Crippen LogP contribution in [0.2, 0.25) is 10.0 Å². The van der Waals surface area contributed by atoms with Gasteiger partial charge in [0, 0.05) is 18.9 Å². The highest BCUT2D eigenvalue weighted by molar-refractivity contribution is 6.42. The first-order valence-corrected chi connectivity index (χ1v) is 11.3. The quantitative estimate of drug-likeness (QED) is 0.485. The summed E-state index contributed by atoms with van der Waals surface area (Å²) >= 11 is 12.1. The topological polar surface area (TPSA) is 73.9 Å². The molecule has 3 rings (SSSR count). The molecule has 0 bridgehead atoms. The number of halogens is 3. The Morgan fingerprint density at radius 1 is 1.09 bits per heavy atom. The lowest BCUT2D eigenvalue weighted by molar-refractivity contribution is 0.0254. The Balaban J connectivity index is 1.86.